The number of para-hydroxylation sites is 2. The number of methoxy groups -OCH3 is 1. The Morgan fingerprint density at radius 1 is 1.26 bits per heavy atom. The molecule has 2 aromatic rings. The molecule has 0 bridgehead atoms. The summed E-state index contributed by atoms with van der Waals surface area (Å²) in [5.41, 5.74) is 0.719. The summed E-state index contributed by atoms with van der Waals surface area (Å²) in [6.07, 6.45) is 0.401. The van der Waals surface area contributed by atoms with Crippen molar-refractivity contribution in [2.24, 2.45) is 0 Å². The lowest BCUT2D eigenvalue weighted by Gasteiger charge is -2.15. The number of ether oxygens (including phenoxy) is 2. The lowest BCUT2D eigenvalue weighted by atomic mass is 10.2. The summed E-state index contributed by atoms with van der Waals surface area (Å²) in [5, 5.41) is 2.82. The third kappa shape index (κ3) is 4.43. The Balaban J connectivity index is 2.01. The van der Waals surface area contributed by atoms with Crippen molar-refractivity contribution in [3.05, 3.63) is 53.3 Å². The Morgan fingerprint density at radius 2 is 2.00 bits per heavy atom. The van der Waals surface area contributed by atoms with Crippen LogP contribution in [0.2, 0.25) is 5.15 Å². The molecule has 1 aromatic heterocycles. The molecule has 1 amide bonds. The number of amides is 1. The van der Waals surface area contributed by atoms with Gasteiger partial charge in [-0.05, 0) is 31.2 Å². The van der Waals surface area contributed by atoms with Crippen molar-refractivity contribution in [3.8, 4) is 5.75 Å². The lowest BCUT2D eigenvalue weighted by Crippen LogP contribution is -2.30. The van der Waals surface area contributed by atoms with Crippen LogP contribution in [-0.2, 0) is 9.53 Å². The van der Waals surface area contributed by atoms with E-state index in [1.165, 1.54) is 32.4 Å². The molecule has 1 aromatic carbocycles. The summed E-state index contributed by atoms with van der Waals surface area (Å²) in [5.74, 6) is -0.611. The van der Waals surface area contributed by atoms with Crippen molar-refractivity contribution < 1.29 is 19.1 Å². The van der Waals surface area contributed by atoms with Gasteiger partial charge < -0.3 is 14.8 Å². The molecule has 120 valence electrons. The van der Waals surface area contributed by atoms with E-state index in [2.05, 4.69) is 10.3 Å². The SMILES string of the molecule is COc1ccccc1NC(=O)C(C)OC(=O)c1ccnc(Cl)c1. The van der Waals surface area contributed by atoms with E-state index >= 15 is 0 Å². The number of hydrogen-bond donors (Lipinski definition) is 1. The van der Waals surface area contributed by atoms with E-state index in [9.17, 15) is 9.59 Å². The van der Waals surface area contributed by atoms with Gasteiger partial charge in [0.25, 0.3) is 5.91 Å². The highest BCUT2D eigenvalue weighted by Gasteiger charge is 2.20. The Bertz CT molecular complexity index is 721. The van der Waals surface area contributed by atoms with Crippen molar-refractivity contribution in [1.29, 1.82) is 0 Å². The third-order valence-electron chi connectivity index (χ3n) is 2.98. The molecule has 0 fully saturated rings. The minimum atomic E-state index is -0.987. The zero-order chi connectivity index (χ0) is 16.8. The third-order valence-corrected chi connectivity index (χ3v) is 3.19. The molecular weight excluding hydrogens is 320 g/mol. The molecule has 7 heteroatoms. The molecule has 0 aliphatic heterocycles. The number of nitrogens with zero attached hydrogens (tertiary/aromatic N) is 1. The number of pyridine rings is 1. The van der Waals surface area contributed by atoms with Gasteiger partial charge >= 0.3 is 5.97 Å². The number of carbonyl (C=O) groups is 2. The Morgan fingerprint density at radius 3 is 2.70 bits per heavy atom. The molecule has 0 aliphatic carbocycles. The Hall–Kier alpha value is -2.60. The monoisotopic (exact) mass is 334 g/mol. The zero-order valence-electron chi connectivity index (χ0n) is 12.6. The van der Waals surface area contributed by atoms with Crippen LogP contribution in [0.4, 0.5) is 5.69 Å². The number of esters is 1. The van der Waals surface area contributed by atoms with Crippen LogP contribution >= 0.6 is 11.6 Å². The molecule has 0 spiro atoms. The molecule has 23 heavy (non-hydrogen) atoms. The largest absolute Gasteiger partial charge is 0.495 e. The van der Waals surface area contributed by atoms with Crippen molar-refractivity contribution in [3.63, 3.8) is 0 Å². The number of anilines is 1. The average molecular weight is 335 g/mol. The number of hydrogen-bond acceptors (Lipinski definition) is 5. The summed E-state index contributed by atoms with van der Waals surface area (Å²) in [6.45, 7) is 1.48. The number of halogens is 1. The second kappa shape index (κ2) is 7.60. The van der Waals surface area contributed by atoms with Crippen LogP contribution in [0, 0.1) is 0 Å². The molecule has 1 atom stereocenters. The van der Waals surface area contributed by atoms with Crippen LogP contribution in [-0.4, -0.2) is 30.1 Å². The van der Waals surface area contributed by atoms with E-state index < -0.39 is 18.0 Å². The molecule has 0 saturated heterocycles. The summed E-state index contributed by atoms with van der Waals surface area (Å²) in [4.78, 5) is 27.9. The van der Waals surface area contributed by atoms with Gasteiger partial charge in [0.15, 0.2) is 6.10 Å². The standard InChI is InChI=1S/C16H15ClN2O4/c1-10(23-16(21)11-7-8-18-14(17)9-11)15(20)19-12-5-3-4-6-13(12)22-2/h3-10H,1-2H3,(H,19,20). The van der Waals surface area contributed by atoms with Crippen LogP contribution in [0.25, 0.3) is 0 Å². The van der Waals surface area contributed by atoms with E-state index in [-0.39, 0.29) is 10.7 Å². The summed E-state index contributed by atoms with van der Waals surface area (Å²) < 4.78 is 10.3. The van der Waals surface area contributed by atoms with Gasteiger partial charge in [-0.2, -0.15) is 0 Å². The number of benzene rings is 1. The first-order valence-electron chi connectivity index (χ1n) is 6.77. The van der Waals surface area contributed by atoms with Gasteiger partial charge in [0.05, 0.1) is 18.4 Å². The Kier molecular flexibility index (Phi) is 5.54. The number of nitrogens with one attached hydrogen (secondary N) is 1. The number of rotatable bonds is 5. The zero-order valence-corrected chi connectivity index (χ0v) is 13.3. The first-order chi connectivity index (χ1) is 11.0. The van der Waals surface area contributed by atoms with Crippen molar-refractivity contribution in [1.82, 2.24) is 4.98 Å². The fraction of sp³-hybridized carbons (Fsp3) is 0.188. The van der Waals surface area contributed by atoms with Crippen LogP contribution in [0.5, 0.6) is 5.75 Å². The first kappa shape index (κ1) is 16.8. The molecular formula is C16H15ClN2O4. The predicted octanol–water partition coefficient (Wildman–Crippen LogP) is 2.93. The van der Waals surface area contributed by atoms with Gasteiger partial charge in [-0.1, -0.05) is 23.7 Å². The van der Waals surface area contributed by atoms with Gasteiger partial charge in [-0.3, -0.25) is 4.79 Å². The van der Waals surface area contributed by atoms with E-state index in [1.54, 1.807) is 24.3 Å². The number of aromatic nitrogens is 1. The molecule has 0 aliphatic rings. The van der Waals surface area contributed by atoms with Gasteiger partial charge in [0, 0.05) is 6.20 Å². The van der Waals surface area contributed by atoms with E-state index in [0.717, 1.165) is 0 Å². The minimum absolute atomic E-state index is 0.172. The van der Waals surface area contributed by atoms with E-state index in [4.69, 9.17) is 21.1 Å². The quantitative estimate of drug-likeness (QED) is 0.672. The fourth-order valence-corrected chi connectivity index (χ4v) is 1.97. The highest BCUT2D eigenvalue weighted by molar-refractivity contribution is 6.29. The molecule has 0 radical (unpaired) electrons. The Labute approximate surface area is 138 Å². The van der Waals surface area contributed by atoms with Gasteiger partial charge in [0.2, 0.25) is 0 Å². The highest BCUT2D eigenvalue weighted by Crippen LogP contribution is 2.23. The number of carbonyl (C=O) groups excluding carboxylic acids is 2. The maximum Gasteiger partial charge on any atom is 0.339 e. The van der Waals surface area contributed by atoms with Crippen molar-refractivity contribution >= 4 is 29.2 Å². The van der Waals surface area contributed by atoms with Crippen LogP contribution in [0.3, 0.4) is 0 Å². The molecule has 6 nitrogen and oxygen atoms in total. The topological polar surface area (TPSA) is 77.5 Å². The van der Waals surface area contributed by atoms with Gasteiger partial charge in [0.1, 0.15) is 10.9 Å². The normalized spacial score (nSPS) is 11.4. The van der Waals surface area contributed by atoms with Crippen LogP contribution in [0.15, 0.2) is 42.6 Å². The van der Waals surface area contributed by atoms with Crippen molar-refractivity contribution in [2.45, 2.75) is 13.0 Å². The van der Waals surface area contributed by atoms with E-state index in [1.807, 2.05) is 0 Å². The highest BCUT2D eigenvalue weighted by atomic mass is 35.5. The van der Waals surface area contributed by atoms with Crippen LogP contribution in [0.1, 0.15) is 17.3 Å². The lowest BCUT2D eigenvalue weighted by molar-refractivity contribution is -0.123. The molecule has 0 saturated carbocycles. The van der Waals surface area contributed by atoms with Crippen molar-refractivity contribution in [2.75, 3.05) is 12.4 Å². The predicted molar refractivity (Wildman–Crippen MR) is 85.7 cm³/mol. The molecule has 1 unspecified atom stereocenters. The van der Waals surface area contributed by atoms with E-state index in [0.29, 0.717) is 11.4 Å². The second-order valence-corrected chi connectivity index (χ2v) is 4.99. The second-order valence-electron chi connectivity index (χ2n) is 4.60. The van der Waals surface area contributed by atoms with Gasteiger partial charge in [-0.15, -0.1) is 0 Å². The molecule has 1 N–H and O–H groups in total. The fourth-order valence-electron chi connectivity index (χ4n) is 1.79. The first-order valence-corrected chi connectivity index (χ1v) is 7.15. The smallest absolute Gasteiger partial charge is 0.339 e. The molecule has 1 heterocycles. The average Bonchev–Trinajstić information content (AvgIpc) is 2.55. The molecule has 2 rings (SSSR count). The maximum atomic E-state index is 12.1. The summed E-state index contributed by atoms with van der Waals surface area (Å²) in [7, 11) is 1.50. The minimum Gasteiger partial charge on any atom is -0.495 e. The van der Waals surface area contributed by atoms with Gasteiger partial charge in [-0.25, -0.2) is 9.78 Å². The summed E-state index contributed by atoms with van der Waals surface area (Å²) in [6, 6.07) is 9.77. The van der Waals surface area contributed by atoms with Crippen LogP contribution < -0.4 is 10.1 Å². The maximum absolute atomic E-state index is 12.1. The summed E-state index contributed by atoms with van der Waals surface area (Å²) >= 11 is 5.72.